The zero-order chi connectivity index (χ0) is 14.7. The van der Waals surface area contributed by atoms with Crippen LogP contribution >= 0.6 is 11.6 Å². The molecule has 2 atom stereocenters. The zero-order valence-electron chi connectivity index (χ0n) is 12.6. The van der Waals surface area contributed by atoms with Crippen molar-refractivity contribution in [3.63, 3.8) is 0 Å². The first-order valence-electron chi connectivity index (χ1n) is 7.05. The Morgan fingerprint density at radius 2 is 1.45 bits per heavy atom. The lowest BCUT2D eigenvalue weighted by molar-refractivity contribution is 0.494. The Kier molecular flexibility index (Phi) is 4.85. The van der Waals surface area contributed by atoms with Crippen molar-refractivity contribution in [2.24, 2.45) is 0 Å². The Labute approximate surface area is 127 Å². The fraction of sp³-hybridized carbons (Fsp3) is 0.333. The molecule has 1 nitrogen and oxygen atoms in total. The highest BCUT2D eigenvalue weighted by molar-refractivity contribution is 6.30. The van der Waals surface area contributed by atoms with Gasteiger partial charge in [-0.2, -0.15) is 0 Å². The summed E-state index contributed by atoms with van der Waals surface area (Å²) < 4.78 is 0. The number of rotatable bonds is 4. The molecule has 0 fully saturated rings. The van der Waals surface area contributed by atoms with Gasteiger partial charge in [0, 0.05) is 17.1 Å². The van der Waals surface area contributed by atoms with Gasteiger partial charge in [0.15, 0.2) is 0 Å². The van der Waals surface area contributed by atoms with Crippen LogP contribution in [0.1, 0.15) is 48.2 Å². The van der Waals surface area contributed by atoms with Gasteiger partial charge in [0.1, 0.15) is 0 Å². The summed E-state index contributed by atoms with van der Waals surface area (Å²) in [5, 5.41) is 4.42. The molecule has 1 unspecified atom stereocenters. The zero-order valence-corrected chi connectivity index (χ0v) is 13.3. The van der Waals surface area contributed by atoms with Gasteiger partial charge in [-0.15, -0.1) is 0 Å². The van der Waals surface area contributed by atoms with Gasteiger partial charge >= 0.3 is 0 Å². The van der Waals surface area contributed by atoms with E-state index in [1.807, 2.05) is 18.2 Å². The third-order valence-corrected chi connectivity index (χ3v) is 3.83. The van der Waals surface area contributed by atoms with E-state index in [0.717, 1.165) is 5.02 Å². The minimum absolute atomic E-state index is 0.268. The minimum atomic E-state index is 0.268. The number of aryl methyl sites for hydroxylation is 2. The molecule has 0 radical (unpaired) electrons. The third kappa shape index (κ3) is 3.84. The van der Waals surface area contributed by atoms with Crippen LogP contribution in [0.15, 0.2) is 42.5 Å². The summed E-state index contributed by atoms with van der Waals surface area (Å²) in [4.78, 5) is 0. The summed E-state index contributed by atoms with van der Waals surface area (Å²) >= 11 is 6.06. The van der Waals surface area contributed by atoms with Crippen LogP contribution in [0.25, 0.3) is 0 Å². The molecule has 0 spiro atoms. The first kappa shape index (κ1) is 15.1. The smallest absolute Gasteiger partial charge is 0.0409 e. The average molecular weight is 288 g/mol. The van der Waals surface area contributed by atoms with Crippen molar-refractivity contribution in [1.29, 1.82) is 0 Å². The highest BCUT2D eigenvalue weighted by Gasteiger charge is 2.12. The highest BCUT2D eigenvalue weighted by atomic mass is 35.5. The van der Waals surface area contributed by atoms with Crippen molar-refractivity contribution in [3.05, 3.63) is 69.7 Å². The lowest BCUT2D eigenvalue weighted by Gasteiger charge is -2.21. The van der Waals surface area contributed by atoms with Crippen LogP contribution in [0.5, 0.6) is 0 Å². The van der Waals surface area contributed by atoms with Crippen LogP contribution in [-0.4, -0.2) is 0 Å². The SMILES string of the molecule is Cc1cc(C)cc(C(C)N[C@@H](C)c2cccc(Cl)c2)c1. The number of benzene rings is 2. The van der Waals surface area contributed by atoms with Gasteiger partial charge in [0.25, 0.3) is 0 Å². The van der Waals surface area contributed by atoms with Crippen LogP contribution in [0.3, 0.4) is 0 Å². The molecule has 2 rings (SSSR count). The van der Waals surface area contributed by atoms with E-state index in [4.69, 9.17) is 11.6 Å². The van der Waals surface area contributed by atoms with E-state index in [-0.39, 0.29) is 6.04 Å². The van der Waals surface area contributed by atoms with E-state index in [9.17, 15) is 0 Å². The van der Waals surface area contributed by atoms with Crippen LogP contribution in [0.4, 0.5) is 0 Å². The molecule has 0 aliphatic rings. The van der Waals surface area contributed by atoms with Crippen LogP contribution < -0.4 is 5.32 Å². The number of hydrogen-bond donors (Lipinski definition) is 1. The second kappa shape index (κ2) is 6.43. The molecule has 0 saturated heterocycles. The maximum Gasteiger partial charge on any atom is 0.0409 e. The standard InChI is InChI=1S/C18H22ClN/c1-12-8-13(2)10-17(9-12)15(4)20-14(3)16-6-5-7-18(19)11-16/h5-11,14-15,20H,1-4H3/t14-,15?/m0/s1. The summed E-state index contributed by atoms with van der Waals surface area (Å²) in [5.41, 5.74) is 5.17. The molecule has 106 valence electrons. The predicted molar refractivity (Wildman–Crippen MR) is 87.3 cm³/mol. The number of halogens is 1. The molecule has 0 saturated carbocycles. The van der Waals surface area contributed by atoms with Crippen molar-refractivity contribution < 1.29 is 0 Å². The van der Waals surface area contributed by atoms with Crippen molar-refractivity contribution in [3.8, 4) is 0 Å². The number of hydrogen-bond acceptors (Lipinski definition) is 1. The van der Waals surface area contributed by atoms with Gasteiger partial charge in [-0.1, -0.05) is 53.1 Å². The van der Waals surface area contributed by atoms with E-state index < -0.39 is 0 Å². The monoisotopic (exact) mass is 287 g/mol. The Balaban J connectivity index is 2.12. The fourth-order valence-electron chi connectivity index (χ4n) is 2.60. The van der Waals surface area contributed by atoms with Gasteiger partial charge in [0.05, 0.1) is 0 Å². The summed E-state index contributed by atoms with van der Waals surface area (Å²) in [6.45, 7) is 8.66. The quantitative estimate of drug-likeness (QED) is 0.797. The highest BCUT2D eigenvalue weighted by Crippen LogP contribution is 2.22. The molecule has 2 aromatic rings. The predicted octanol–water partition coefficient (Wildman–Crippen LogP) is 5.37. The Hall–Kier alpha value is -1.31. The molecule has 0 aliphatic heterocycles. The first-order chi connectivity index (χ1) is 9.45. The maximum atomic E-state index is 6.06. The Morgan fingerprint density at radius 1 is 0.850 bits per heavy atom. The largest absolute Gasteiger partial charge is 0.304 e. The van der Waals surface area contributed by atoms with Crippen LogP contribution in [0.2, 0.25) is 5.02 Å². The lowest BCUT2D eigenvalue weighted by Crippen LogP contribution is -2.22. The Bertz CT molecular complexity index is 571. The van der Waals surface area contributed by atoms with Gasteiger partial charge in [0.2, 0.25) is 0 Å². The topological polar surface area (TPSA) is 12.0 Å². The molecule has 0 aliphatic carbocycles. The molecule has 2 heteroatoms. The third-order valence-electron chi connectivity index (χ3n) is 3.59. The summed E-state index contributed by atoms with van der Waals surface area (Å²) in [5.74, 6) is 0. The maximum absolute atomic E-state index is 6.06. The van der Waals surface area contributed by atoms with Crippen molar-refractivity contribution in [2.45, 2.75) is 39.8 Å². The molecule has 20 heavy (non-hydrogen) atoms. The van der Waals surface area contributed by atoms with Gasteiger partial charge in [-0.05, 0) is 51.0 Å². The average Bonchev–Trinajstić information content (AvgIpc) is 2.37. The van der Waals surface area contributed by atoms with Gasteiger partial charge < -0.3 is 5.32 Å². The van der Waals surface area contributed by atoms with E-state index >= 15 is 0 Å². The molecule has 1 N–H and O–H groups in total. The first-order valence-corrected chi connectivity index (χ1v) is 7.43. The summed E-state index contributed by atoms with van der Waals surface area (Å²) in [6, 6.07) is 15.3. The molecule has 0 amide bonds. The Morgan fingerprint density at radius 3 is 2.05 bits per heavy atom. The van der Waals surface area contributed by atoms with E-state index in [1.54, 1.807) is 0 Å². The normalized spacial score (nSPS) is 14.1. The second-order valence-corrected chi connectivity index (χ2v) is 6.02. The van der Waals surface area contributed by atoms with Crippen LogP contribution in [-0.2, 0) is 0 Å². The van der Waals surface area contributed by atoms with Gasteiger partial charge in [-0.25, -0.2) is 0 Å². The van der Waals surface area contributed by atoms with E-state index in [0.29, 0.717) is 6.04 Å². The molecular weight excluding hydrogens is 266 g/mol. The molecular formula is C18H22ClN. The van der Waals surface area contributed by atoms with Crippen molar-refractivity contribution >= 4 is 11.6 Å². The molecule has 0 bridgehead atoms. The summed E-state index contributed by atoms with van der Waals surface area (Å²) in [6.07, 6.45) is 0. The molecule has 0 aromatic heterocycles. The van der Waals surface area contributed by atoms with Crippen LogP contribution in [0, 0.1) is 13.8 Å². The second-order valence-electron chi connectivity index (χ2n) is 5.59. The summed E-state index contributed by atoms with van der Waals surface area (Å²) in [7, 11) is 0. The van der Waals surface area contributed by atoms with Crippen molar-refractivity contribution in [2.75, 3.05) is 0 Å². The van der Waals surface area contributed by atoms with E-state index in [2.05, 4.69) is 57.3 Å². The molecule has 2 aromatic carbocycles. The van der Waals surface area contributed by atoms with Gasteiger partial charge in [-0.3, -0.25) is 0 Å². The minimum Gasteiger partial charge on any atom is -0.304 e. The number of nitrogens with one attached hydrogen (secondary N) is 1. The molecule has 0 heterocycles. The lowest BCUT2D eigenvalue weighted by atomic mass is 10.0. The fourth-order valence-corrected chi connectivity index (χ4v) is 2.80. The van der Waals surface area contributed by atoms with E-state index in [1.165, 1.54) is 22.3 Å². The van der Waals surface area contributed by atoms with Crippen molar-refractivity contribution in [1.82, 2.24) is 5.32 Å².